The maximum absolute atomic E-state index is 12.4. The van der Waals surface area contributed by atoms with Crippen LogP contribution < -0.4 is 4.90 Å². The molecule has 9 nitrogen and oxygen atoms in total. The Morgan fingerprint density at radius 1 is 1.22 bits per heavy atom. The topological polar surface area (TPSA) is 106 Å². The van der Waals surface area contributed by atoms with Crippen LogP contribution in [0.1, 0.15) is 31.3 Å². The quantitative estimate of drug-likeness (QED) is 0.787. The van der Waals surface area contributed by atoms with Crippen LogP contribution in [-0.2, 0) is 15.8 Å². The van der Waals surface area contributed by atoms with Crippen molar-refractivity contribution in [3.05, 3.63) is 23.8 Å². The zero-order chi connectivity index (χ0) is 16.4. The molecule has 1 aliphatic heterocycles. The molecule has 1 saturated heterocycles. The Kier molecular flexibility index (Phi) is 4.35. The third kappa shape index (κ3) is 3.53. The van der Waals surface area contributed by atoms with E-state index in [1.165, 1.54) is 10.6 Å². The van der Waals surface area contributed by atoms with Crippen LogP contribution in [0.15, 0.2) is 21.4 Å². The lowest BCUT2D eigenvalue weighted by Gasteiger charge is -2.32. The van der Waals surface area contributed by atoms with E-state index in [0.717, 1.165) is 0 Å². The van der Waals surface area contributed by atoms with E-state index in [2.05, 4.69) is 19.8 Å². The summed E-state index contributed by atoms with van der Waals surface area (Å²) in [5.74, 6) is 0.694. The van der Waals surface area contributed by atoms with Gasteiger partial charge in [-0.05, 0) is 0 Å². The lowest BCUT2D eigenvalue weighted by atomic mass is 10.2. The first-order chi connectivity index (χ1) is 11.0. The fourth-order valence-corrected chi connectivity index (χ4v) is 3.76. The maximum atomic E-state index is 12.4. The van der Waals surface area contributed by atoms with Crippen LogP contribution in [0.5, 0.6) is 0 Å². The van der Waals surface area contributed by atoms with Gasteiger partial charge in [0.15, 0.2) is 5.82 Å². The van der Waals surface area contributed by atoms with Crippen molar-refractivity contribution in [3.8, 4) is 0 Å². The molecule has 3 heterocycles. The summed E-state index contributed by atoms with van der Waals surface area (Å²) in [7, 11) is -3.40. The molecular weight excluding hydrogens is 322 g/mol. The van der Waals surface area contributed by atoms with E-state index in [-0.39, 0.29) is 11.7 Å². The van der Waals surface area contributed by atoms with Gasteiger partial charge in [0.05, 0.1) is 5.69 Å². The second kappa shape index (κ2) is 6.28. The third-order valence-electron chi connectivity index (χ3n) is 3.67. The second-order valence-electron chi connectivity index (χ2n) is 5.72. The molecule has 0 amide bonds. The van der Waals surface area contributed by atoms with E-state index in [0.29, 0.717) is 43.7 Å². The van der Waals surface area contributed by atoms with Crippen molar-refractivity contribution >= 4 is 16.0 Å². The van der Waals surface area contributed by atoms with Gasteiger partial charge in [0.25, 0.3) is 0 Å². The molecule has 0 aromatic carbocycles. The van der Waals surface area contributed by atoms with E-state index in [9.17, 15) is 8.42 Å². The molecule has 0 saturated carbocycles. The second-order valence-corrected chi connectivity index (χ2v) is 7.69. The molecular formula is C13H19N5O4S. The number of piperazine rings is 1. The van der Waals surface area contributed by atoms with Crippen LogP contribution >= 0.6 is 0 Å². The Balaban J connectivity index is 1.61. The normalized spacial score (nSPS) is 17.1. The molecule has 0 spiro atoms. The number of anilines is 1. The summed E-state index contributed by atoms with van der Waals surface area (Å²) in [6.07, 6.45) is 1.37. The third-order valence-corrected chi connectivity index (χ3v) is 5.48. The van der Waals surface area contributed by atoms with Crippen LogP contribution in [0, 0.1) is 0 Å². The summed E-state index contributed by atoms with van der Waals surface area (Å²) < 4.78 is 36.1. The van der Waals surface area contributed by atoms with Gasteiger partial charge in [-0.15, -0.1) is 0 Å². The minimum atomic E-state index is -3.40. The first kappa shape index (κ1) is 15.9. The molecule has 0 bridgehead atoms. The summed E-state index contributed by atoms with van der Waals surface area (Å²) >= 11 is 0. The van der Waals surface area contributed by atoms with Crippen LogP contribution in [0.25, 0.3) is 0 Å². The highest BCUT2D eigenvalue weighted by molar-refractivity contribution is 7.88. The van der Waals surface area contributed by atoms with Gasteiger partial charge in [-0.2, -0.15) is 9.29 Å². The standard InChI is InChI=1S/C13H19N5O4S/c1-10(2)12-14-13(22-16-12)17-4-6-18(7-5-17)23(19,20)9-11-3-8-21-15-11/h3,8,10H,4-7,9H2,1-2H3. The summed E-state index contributed by atoms with van der Waals surface area (Å²) in [4.78, 5) is 6.24. The Morgan fingerprint density at radius 3 is 2.52 bits per heavy atom. The number of hydrogen-bond acceptors (Lipinski definition) is 8. The highest BCUT2D eigenvalue weighted by Crippen LogP contribution is 2.19. The predicted molar refractivity (Wildman–Crippen MR) is 81.3 cm³/mol. The van der Waals surface area contributed by atoms with Crippen LogP contribution in [0.2, 0.25) is 0 Å². The van der Waals surface area contributed by atoms with E-state index >= 15 is 0 Å². The van der Waals surface area contributed by atoms with Crippen molar-refractivity contribution in [2.75, 3.05) is 31.1 Å². The SMILES string of the molecule is CC(C)c1noc(N2CCN(S(=O)(=O)Cc3ccon3)CC2)n1. The molecule has 0 atom stereocenters. The molecule has 0 radical (unpaired) electrons. The van der Waals surface area contributed by atoms with Crippen LogP contribution in [0.3, 0.4) is 0 Å². The Bertz CT molecular complexity index is 732. The number of sulfonamides is 1. The highest BCUT2D eigenvalue weighted by Gasteiger charge is 2.29. The summed E-state index contributed by atoms with van der Waals surface area (Å²) in [5, 5.41) is 7.58. The lowest BCUT2D eigenvalue weighted by molar-refractivity contribution is 0.352. The molecule has 0 N–H and O–H groups in total. The summed E-state index contributed by atoms with van der Waals surface area (Å²) in [6, 6.07) is 2.00. The minimum Gasteiger partial charge on any atom is -0.364 e. The molecule has 1 fully saturated rings. The largest absolute Gasteiger partial charge is 0.364 e. The minimum absolute atomic E-state index is 0.151. The fraction of sp³-hybridized carbons (Fsp3) is 0.615. The predicted octanol–water partition coefficient (Wildman–Crippen LogP) is 0.833. The van der Waals surface area contributed by atoms with Crippen molar-refractivity contribution in [2.45, 2.75) is 25.5 Å². The van der Waals surface area contributed by atoms with Crippen molar-refractivity contribution < 1.29 is 17.5 Å². The fourth-order valence-electron chi connectivity index (χ4n) is 2.34. The van der Waals surface area contributed by atoms with Gasteiger partial charge in [-0.3, -0.25) is 0 Å². The van der Waals surface area contributed by atoms with Crippen molar-refractivity contribution in [1.29, 1.82) is 0 Å². The average molecular weight is 341 g/mol. The molecule has 3 rings (SSSR count). The molecule has 0 unspecified atom stereocenters. The van der Waals surface area contributed by atoms with Crippen LogP contribution in [0.4, 0.5) is 6.01 Å². The molecule has 0 aliphatic carbocycles. The van der Waals surface area contributed by atoms with Gasteiger partial charge in [-0.25, -0.2) is 8.42 Å². The van der Waals surface area contributed by atoms with E-state index < -0.39 is 10.0 Å². The van der Waals surface area contributed by atoms with Gasteiger partial charge < -0.3 is 13.9 Å². The van der Waals surface area contributed by atoms with E-state index in [1.807, 2.05) is 18.7 Å². The maximum Gasteiger partial charge on any atom is 0.324 e. The molecule has 2 aromatic heterocycles. The first-order valence-corrected chi connectivity index (χ1v) is 9.02. The summed E-state index contributed by atoms with van der Waals surface area (Å²) in [5.41, 5.74) is 0.408. The average Bonchev–Trinajstić information content (AvgIpc) is 3.18. The van der Waals surface area contributed by atoms with Crippen LogP contribution in [-0.4, -0.2) is 54.2 Å². The van der Waals surface area contributed by atoms with Crippen molar-refractivity contribution in [1.82, 2.24) is 19.6 Å². The number of hydrogen-bond donors (Lipinski definition) is 0. The Labute approximate surface area is 134 Å². The number of rotatable bonds is 5. The van der Waals surface area contributed by atoms with Gasteiger partial charge in [-0.1, -0.05) is 24.2 Å². The van der Waals surface area contributed by atoms with Gasteiger partial charge in [0.2, 0.25) is 10.0 Å². The first-order valence-electron chi connectivity index (χ1n) is 7.41. The molecule has 2 aromatic rings. The van der Waals surface area contributed by atoms with E-state index in [1.54, 1.807) is 6.07 Å². The van der Waals surface area contributed by atoms with Crippen molar-refractivity contribution in [2.24, 2.45) is 0 Å². The van der Waals surface area contributed by atoms with Gasteiger partial charge in [0, 0.05) is 38.2 Å². The molecule has 23 heavy (non-hydrogen) atoms. The van der Waals surface area contributed by atoms with Gasteiger partial charge >= 0.3 is 6.01 Å². The van der Waals surface area contributed by atoms with Gasteiger partial charge in [0.1, 0.15) is 12.0 Å². The Morgan fingerprint density at radius 2 is 1.96 bits per heavy atom. The number of nitrogens with zero attached hydrogens (tertiary/aromatic N) is 5. The number of aromatic nitrogens is 3. The molecule has 1 aliphatic rings. The molecule has 10 heteroatoms. The van der Waals surface area contributed by atoms with E-state index in [4.69, 9.17) is 4.52 Å². The van der Waals surface area contributed by atoms with Crippen molar-refractivity contribution in [3.63, 3.8) is 0 Å². The summed E-state index contributed by atoms with van der Waals surface area (Å²) in [6.45, 7) is 5.75. The molecule has 126 valence electrons. The Hall–Kier alpha value is -1.94. The lowest BCUT2D eigenvalue weighted by Crippen LogP contribution is -2.49. The highest BCUT2D eigenvalue weighted by atomic mass is 32.2. The smallest absolute Gasteiger partial charge is 0.324 e. The zero-order valence-corrected chi connectivity index (χ0v) is 13.9. The zero-order valence-electron chi connectivity index (χ0n) is 13.0. The monoisotopic (exact) mass is 341 g/mol.